The van der Waals surface area contributed by atoms with Gasteiger partial charge in [0.05, 0.1) is 6.61 Å². The summed E-state index contributed by atoms with van der Waals surface area (Å²) < 4.78 is 26.8. The fourth-order valence-electron chi connectivity index (χ4n) is 1.74. The van der Waals surface area contributed by atoms with E-state index in [9.17, 15) is 8.42 Å². The fourth-order valence-corrected chi connectivity index (χ4v) is 4.02. The smallest absolute Gasteiger partial charge is 0.250 e. The molecule has 0 aliphatic carbocycles. The summed E-state index contributed by atoms with van der Waals surface area (Å²) >= 11 is 1.10. The van der Waals surface area contributed by atoms with Crippen molar-refractivity contribution < 1.29 is 13.5 Å². The Morgan fingerprint density at radius 2 is 2.05 bits per heavy atom. The number of likely N-dealkylation sites (N-methyl/N-ethyl adjacent to an activating group) is 1. The lowest BCUT2D eigenvalue weighted by Gasteiger charge is -2.19. The zero-order valence-corrected chi connectivity index (χ0v) is 13.1. The van der Waals surface area contributed by atoms with Crippen molar-refractivity contribution in [1.82, 2.24) is 9.62 Å². The van der Waals surface area contributed by atoms with Crippen molar-refractivity contribution in [3.8, 4) is 0 Å². The third kappa shape index (κ3) is 5.19. The first-order chi connectivity index (χ1) is 9.03. The second kappa shape index (κ2) is 7.96. The zero-order chi connectivity index (χ0) is 14.3. The molecule has 0 fully saturated rings. The maximum Gasteiger partial charge on any atom is 0.250 e. The SMILES string of the molecule is CCCN(CC)CCNS(=O)(=O)c1ccc(CO)s1. The number of aliphatic hydroxyl groups is 1. The summed E-state index contributed by atoms with van der Waals surface area (Å²) in [6.45, 7) is 7.06. The number of aliphatic hydroxyl groups excluding tert-OH is 1. The number of hydrogen-bond acceptors (Lipinski definition) is 5. The van der Waals surface area contributed by atoms with Crippen LogP contribution in [0, 0.1) is 0 Å². The summed E-state index contributed by atoms with van der Waals surface area (Å²) in [6, 6.07) is 3.16. The van der Waals surface area contributed by atoms with Crippen LogP contribution in [0.5, 0.6) is 0 Å². The van der Waals surface area contributed by atoms with Crippen LogP contribution >= 0.6 is 11.3 Å². The summed E-state index contributed by atoms with van der Waals surface area (Å²) in [5, 5.41) is 8.94. The molecule has 1 aromatic rings. The standard InChI is InChI=1S/C12H22N2O3S2/c1-3-8-14(4-2)9-7-13-19(16,17)12-6-5-11(10-15)18-12/h5-6,13,15H,3-4,7-10H2,1-2H3. The molecule has 0 atom stereocenters. The molecule has 0 aromatic carbocycles. The summed E-state index contributed by atoms with van der Waals surface area (Å²) in [4.78, 5) is 2.86. The minimum atomic E-state index is -3.44. The van der Waals surface area contributed by atoms with E-state index in [0.717, 1.165) is 30.8 Å². The van der Waals surface area contributed by atoms with Gasteiger partial charge >= 0.3 is 0 Å². The van der Waals surface area contributed by atoms with Crippen LogP contribution in [0.25, 0.3) is 0 Å². The quantitative estimate of drug-likeness (QED) is 0.720. The molecular formula is C12H22N2O3S2. The summed E-state index contributed by atoms with van der Waals surface area (Å²) in [5.41, 5.74) is 0. The number of rotatable bonds is 9. The van der Waals surface area contributed by atoms with Gasteiger partial charge in [0.15, 0.2) is 0 Å². The van der Waals surface area contributed by atoms with E-state index in [-0.39, 0.29) is 10.8 Å². The number of nitrogens with zero attached hydrogens (tertiary/aromatic N) is 1. The topological polar surface area (TPSA) is 69.6 Å². The lowest BCUT2D eigenvalue weighted by Crippen LogP contribution is -2.35. The summed E-state index contributed by atoms with van der Waals surface area (Å²) in [7, 11) is -3.44. The van der Waals surface area contributed by atoms with Gasteiger partial charge in [-0.1, -0.05) is 13.8 Å². The molecule has 19 heavy (non-hydrogen) atoms. The maximum atomic E-state index is 12.0. The molecule has 110 valence electrons. The molecule has 7 heteroatoms. The van der Waals surface area contributed by atoms with Crippen LogP contribution in [0.4, 0.5) is 0 Å². The number of hydrogen-bond donors (Lipinski definition) is 2. The van der Waals surface area contributed by atoms with Crippen LogP contribution in [-0.4, -0.2) is 44.6 Å². The molecule has 0 radical (unpaired) electrons. The summed E-state index contributed by atoms with van der Waals surface area (Å²) in [6.07, 6.45) is 1.06. The fraction of sp³-hybridized carbons (Fsp3) is 0.667. The highest BCUT2D eigenvalue weighted by molar-refractivity contribution is 7.91. The molecule has 1 heterocycles. The predicted molar refractivity (Wildman–Crippen MR) is 77.8 cm³/mol. The van der Waals surface area contributed by atoms with Gasteiger partial charge < -0.3 is 10.0 Å². The molecule has 0 amide bonds. The van der Waals surface area contributed by atoms with Crippen LogP contribution < -0.4 is 4.72 Å². The molecule has 0 aliphatic rings. The van der Waals surface area contributed by atoms with Crippen molar-refractivity contribution in [2.75, 3.05) is 26.2 Å². The van der Waals surface area contributed by atoms with Crippen molar-refractivity contribution in [2.45, 2.75) is 31.1 Å². The van der Waals surface area contributed by atoms with E-state index in [1.165, 1.54) is 6.07 Å². The van der Waals surface area contributed by atoms with Crippen LogP contribution in [0.3, 0.4) is 0 Å². The van der Waals surface area contributed by atoms with E-state index >= 15 is 0 Å². The van der Waals surface area contributed by atoms with Crippen molar-refractivity contribution in [1.29, 1.82) is 0 Å². The van der Waals surface area contributed by atoms with Crippen LogP contribution in [0.15, 0.2) is 16.3 Å². The van der Waals surface area contributed by atoms with Gasteiger partial charge in [-0.3, -0.25) is 0 Å². The molecule has 1 rings (SSSR count). The van der Waals surface area contributed by atoms with Crippen LogP contribution in [0.2, 0.25) is 0 Å². The highest BCUT2D eigenvalue weighted by Gasteiger charge is 2.16. The van der Waals surface area contributed by atoms with Gasteiger partial charge in [0.1, 0.15) is 4.21 Å². The molecule has 1 aromatic heterocycles. The van der Waals surface area contributed by atoms with Gasteiger partial charge in [0.2, 0.25) is 10.0 Å². The molecule has 0 saturated carbocycles. The Balaban J connectivity index is 2.51. The van der Waals surface area contributed by atoms with E-state index in [1.54, 1.807) is 6.07 Å². The zero-order valence-electron chi connectivity index (χ0n) is 11.4. The van der Waals surface area contributed by atoms with E-state index in [0.29, 0.717) is 18.0 Å². The minimum absolute atomic E-state index is 0.125. The van der Waals surface area contributed by atoms with Gasteiger partial charge in [0.25, 0.3) is 0 Å². The monoisotopic (exact) mass is 306 g/mol. The highest BCUT2D eigenvalue weighted by atomic mass is 32.2. The van der Waals surface area contributed by atoms with Crippen molar-refractivity contribution in [3.63, 3.8) is 0 Å². The first-order valence-corrected chi connectivity index (χ1v) is 8.75. The van der Waals surface area contributed by atoms with Gasteiger partial charge in [-0.05, 0) is 31.6 Å². The molecule has 0 spiro atoms. The third-order valence-corrected chi connectivity index (χ3v) is 5.79. The van der Waals surface area contributed by atoms with Gasteiger partial charge in [-0.2, -0.15) is 0 Å². The van der Waals surface area contributed by atoms with Crippen molar-refractivity contribution >= 4 is 21.4 Å². The Hall–Kier alpha value is -0.470. The number of sulfonamides is 1. The third-order valence-electron chi connectivity index (χ3n) is 2.76. The van der Waals surface area contributed by atoms with E-state index in [1.807, 2.05) is 0 Å². The van der Waals surface area contributed by atoms with Gasteiger partial charge in [-0.25, -0.2) is 13.1 Å². The van der Waals surface area contributed by atoms with E-state index in [4.69, 9.17) is 5.11 Å². The second-order valence-corrected chi connectivity index (χ2v) is 7.37. The van der Waals surface area contributed by atoms with E-state index < -0.39 is 10.0 Å². The molecule has 2 N–H and O–H groups in total. The Morgan fingerprint density at radius 3 is 2.58 bits per heavy atom. The molecule has 0 unspecified atom stereocenters. The molecule has 0 saturated heterocycles. The largest absolute Gasteiger partial charge is 0.391 e. The highest BCUT2D eigenvalue weighted by Crippen LogP contribution is 2.21. The summed E-state index contributed by atoms with van der Waals surface area (Å²) in [5.74, 6) is 0. The molecule has 0 aliphatic heterocycles. The van der Waals surface area contributed by atoms with Crippen molar-refractivity contribution in [3.05, 3.63) is 17.0 Å². The average Bonchev–Trinajstić information content (AvgIpc) is 2.87. The minimum Gasteiger partial charge on any atom is -0.391 e. The normalized spacial score (nSPS) is 12.2. The Kier molecular flexibility index (Phi) is 6.95. The van der Waals surface area contributed by atoms with Crippen molar-refractivity contribution in [2.24, 2.45) is 0 Å². The Bertz CT molecular complexity index is 471. The first-order valence-electron chi connectivity index (χ1n) is 6.45. The van der Waals surface area contributed by atoms with Crippen LogP contribution in [-0.2, 0) is 16.6 Å². The molecular weight excluding hydrogens is 284 g/mol. The second-order valence-electron chi connectivity index (χ2n) is 4.21. The van der Waals surface area contributed by atoms with Crippen LogP contribution in [0.1, 0.15) is 25.1 Å². The van der Waals surface area contributed by atoms with Gasteiger partial charge in [-0.15, -0.1) is 11.3 Å². The Labute approximate surface area is 119 Å². The number of thiophene rings is 1. The lowest BCUT2D eigenvalue weighted by molar-refractivity contribution is 0.285. The predicted octanol–water partition coefficient (Wildman–Crippen LogP) is 1.25. The number of nitrogens with one attached hydrogen (secondary N) is 1. The molecule has 5 nitrogen and oxygen atoms in total. The Morgan fingerprint density at radius 1 is 1.32 bits per heavy atom. The van der Waals surface area contributed by atoms with Gasteiger partial charge in [0, 0.05) is 18.0 Å². The maximum absolute atomic E-state index is 12.0. The average molecular weight is 306 g/mol. The van der Waals surface area contributed by atoms with E-state index in [2.05, 4.69) is 23.5 Å². The lowest BCUT2D eigenvalue weighted by atomic mass is 10.4. The first kappa shape index (κ1) is 16.6. The molecule has 0 bridgehead atoms.